The Morgan fingerprint density at radius 3 is 2.52 bits per heavy atom. The van der Waals surface area contributed by atoms with Gasteiger partial charge in [-0.3, -0.25) is 4.79 Å². The molecule has 4 rings (SSSR count). The maximum Gasteiger partial charge on any atom is 0.251 e. The van der Waals surface area contributed by atoms with Crippen LogP contribution in [0.5, 0.6) is 0 Å². The predicted octanol–water partition coefficient (Wildman–Crippen LogP) is 0.174. The molecular weight excluding hydrogens is 348 g/mol. The third kappa shape index (κ3) is 3.31. The predicted molar refractivity (Wildman–Crippen MR) is 94.4 cm³/mol. The van der Waals surface area contributed by atoms with Gasteiger partial charge in [0, 0.05) is 30.1 Å². The highest BCUT2D eigenvalue weighted by Gasteiger charge is 2.34. The van der Waals surface area contributed by atoms with Gasteiger partial charge in [-0.2, -0.15) is 4.80 Å². The van der Waals surface area contributed by atoms with Crippen molar-refractivity contribution in [3.8, 4) is 11.4 Å². The van der Waals surface area contributed by atoms with Crippen LogP contribution in [0.3, 0.4) is 0 Å². The highest BCUT2D eigenvalue weighted by atomic mass is 16.3. The summed E-state index contributed by atoms with van der Waals surface area (Å²) >= 11 is 0. The summed E-state index contributed by atoms with van der Waals surface area (Å²) < 4.78 is 1.82. The van der Waals surface area contributed by atoms with Gasteiger partial charge in [0.15, 0.2) is 5.82 Å². The lowest BCUT2D eigenvalue weighted by atomic mass is 9.79. The van der Waals surface area contributed by atoms with E-state index in [1.807, 2.05) is 23.7 Å². The second-order valence-electron chi connectivity index (χ2n) is 6.71. The van der Waals surface area contributed by atoms with Crippen molar-refractivity contribution in [2.75, 3.05) is 0 Å². The lowest BCUT2D eigenvalue weighted by Crippen LogP contribution is -2.44. The van der Waals surface area contributed by atoms with E-state index in [0.717, 1.165) is 24.2 Å². The largest absolute Gasteiger partial charge is 0.388 e. The molecule has 2 N–H and O–H groups in total. The summed E-state index contributed by atoms with van der Waals surface area (Å²) in [6.45, 7) is -0.129. The van der Waals surface area contributed by atoms with Crippen LogP contribution in [0.1, 0.15) is 40.8 Å². The highest BCUT2D eigenvalue weighted by molar-refractivity contribution is 5.94. The van der Waals surface area contributed by atoms with Crippen molar-refractivity contribution in [1.82, 2.24) is 40.3 Å². The van der Waals surface area contributed by atoms with Crippen LogP contribution in [0.4, 0.5) is 0 Å². The third-order valence-electron chi connectivity index (χ3n) is 4.89. The van der Waals surface area contributed by atoms with Crippen molar-refractivity contribution >= 4 is 5.91 Å². The van der Waals surface area contributed by atoms with Gasteiger partial charge < -0.3 is 15.0 Å². The van der Waals surface area contributed by atoms with Crippen molar-refractivity contribution in [3.05, 3.63) is 41.5 Å². The molecule has 0 aliphatic heterocycles. The van der Waals surface area contributed by atoms with E-state index in [1.54, 1.807) is 19.2 Å². The van der Waals surface area contributed by atoms with E-state index >= 15 is 0 Å². The van der Waals surface area contributed by atoms with Gasteiger partial charge in [0.2, 0.25) is 5.82 Å². The van der Waals surface area contributed by atoms with E-state index in [9.17, 15) is 9.90 Å². The molecular formula is C17H20N8O2. The maximum atomic E-state index is 12.4. The van der Waals surface area contributed by atoms with Crippen LogP contribution in [-0.4, -0.2) is 52.0 Å². The van der Waals surface area contributed by atoms with E-state index in [2.05, 4.69) is 30.9 Å². The quantitative estimate of drug-likeness (QED) is 0.658. The second-order valence-corrected chi connectivity index (χ2v) is 6.71. The Hall–Kier alpha value is -3.14. The Balaban J connectivity index is 1.34. The minimum absolute atomic E-state index is 0.105. The molecule has 10 nitrogen and oxygen atoms in total. The van der Waals surface area contributed by atoms with Crippen LogP contribution in [0.25, 0.3) is 11.4 Å². The Bertz CT molecular complexity index is 956. The number of hydrogen-bond donors (Lipinski definition) is 2. The molecule has 2 aromatic heterocycles. The number of carbonyl (C=O) groups excluding carboxylic acids is 1. The van der Waals surface area contributed by atoms with Gasteiger partial charge in [-0.25, -0.2) is 0 Å². The molecule has 1 fully saturated rings. The number of rotatable bonds is 5. The van der Waals surface area contributed by atoms with E-state index in [-0.39, 0.29) is 24.5 Å². The topological polar surface area (TPSA) is 124 Å². The monoisotopic (exact) mass is 368 g/mol. The average Bonchev–Trinajstić information content (AvgIpc) is 3.23. The lowest BCUT2D eigenvalue weighted by Gasteiger charge is -2.35. The maximum absolute atomic E-state index is 12.4. The second kappa shape index (κ2) is 6.88. The van der Waals surface area contributed by atoms with Gasteiger partial charge in [0.05, 0.1) is 7.05 Å². The number of aromatic nitrogens is 7. The third-order valence-corrected chi connectivity index (χ3v) is 4.89. The molecule has 3 aromatic rings. The Morgan fingerprint density at radius 1 is 1.19 bits per heavy atom. The van der Waals surface area contributed by atoms with Crippen molar-refractivity contribution in [1.29, 1.82) is 0 Å². The summed E-state index contributed by atoms with van der Waals surface area (Å²) in [4.78, 5) is 13.8. The number of aliphatic hydroxyl groups is 1. The number of benzene rings is 1. The molecule has 1 aliphatic carbocycles. The van der Waals surface area contributed by atoms with Crippen LogP contribution >= 0.6 is 0 Å². The van der Waals surface area contributed by atoms with Gasteiger partial charge in [-0.15, -0.1) is 20.4 Å². The van der Waals surface area contributed by atoms with E-state index in [4.69, 9.17) is 0 Å². The zero-order chi connectivity index (χ0) is 19.0. The van der Waals surface area contributed by atoms with Gasteiger partial charge in [0.1, 0.15) is 12.4 Å². The molecule has 2 heterocycles. The molecule has 0 radical (unpaired) electrons. The summed E-state index contributed by atoms with van der Waals surface area (Å²) in [7, 11) is 3.55. The number of amides is 1. The van der Waals surface area contributed by atoms with Crippen LogP contribution < -0.4 is 5.32 Å². The molecule has 1 saturated carbocycles. The summed E-state index contributed by atoms with van der Waals surface area (Å²) in [5.74, 6) is 2.07. The van der Waals surface area contributed by atoms with Gasteiger partial charge in [0.25, 0.3) is 5.91 Å². The lowest BCUT2D eigenvalue weighted by molar-refractivity contribution is 0.0907. The fraction of sp³-hybridized carbons (Fsp3) is 0.412. The number of carbonyl (C=O) groups is 1. The smallest absolute Gasteiger partial charge is 0.251 e. The van der Waals surface area contributed by atoms with Crippen LogP contribution in [0.15, 0.2) is 24.3 Å². The first kappa shape index (κ1) is 17.3. The standard InChI is InChI=1S/C17H20N8O2/c1-24-14(9-26)19-21-16(24)12-7-13(8-12)18-17(27)11-5-3-10(4-6-11)15-20-23-25(2)22-15/h3-6,12-13,26H,7-9H2,1-2H3,(H,18,27). The average molecular weight is 368 g/mol. The fourth-order valence-corrected chi connectivity index (χ4v) is 3.25. The molecule has 0 saturated heterocycles. The minimum atomic E-state index is -0.129. The number of nitrogens with zero attached hydrogens (tertiary/aromatic N) is 7. The Kier molecular flexibility index (Phi) is 4.40. The number of aliphatic hydroxyl groups excluding tert-OH is 1. The summed E-state index contributed by atoms with van der Waals surface area (Å²) in [6.07, 6.45) is 1.62. The molecule has 0 bridgehead atoms. The molecule has 1 aromatic carbocycles. The zero-order valence-corrected chi connectivity index (χ0v) is 15.1. The van der Waals surface area contributed by atoms with Crippen LogP contribution in [-0.2, 0) is 20.7 Å². The molecule has 0 unspecified atom stereocenters. The number of hydrogen-bond acceptors (Lipinski definition) is 7. The van der Waals surface area contributed by atoms with E-state index in [1.165, 1.54) is 4.80 Å². The Labute approximate surface area is 155 Å². The molecule has 0 atom stereocenters. The van der Waals surface area contributed by atoms with Gasteiger partial charge in [-0.1, -0.05) is 12.1 Å². The van der Waals surface area contributed by atoms with Crippen molar-refractivity contribution < 1.29 is 9.90 Å². The number of tetrazole rings is 1. The minimum Gasteiger partial charge on any atom is -0.388 e. The molecule has 27 heavy (non-hydrogen) atoms. The van der Waals surface area contributed by atoms with Crippen LogP contribution in [0, 0.1) is 0 Å². The molecule has 0 spiro atoms. The number of aryl methyl sites for hydroxylation is 1. The van der Waals surface area contributed by atoms with Gasteiger partial charge in [-0.05, 0) is 30.2 Å². The highest BCUT2D eigenvalue weighted by Crippen LogP contribution is 2.36. The first-order chi connectivity index (χ1) is 13.0. The number of nitrogens with one attached hydrogen (secondary N) is 1. The summed E-state index contributed by atoms with van der Waals surface area (Å²) in [6, 6.07) is 7.25. The van der Waals surface area contributed by atoms with Crippen molar-refractivity contribution in [2.45, 2.75) is 31.4 Å². The normalized spacial score (nSPS) is 18.9. The van der Waals surface area contributed by atoms with E-state index < -0.39 is 0 Å². The molecule has 140 valence electrons. The summed E-state index contributed by atoms with van der Waals surface area (Å²) in [5.41, 5.74) is 1.40. The zero-order valence-electron chi connectivity index (χ0n) is 15.1. The summed E-state index contributed by atoms with van der Waals surface area (Å²) in [5, 5.41) is 32.3. The van der Waals surface area contributed by atoms with Crippen LogP contribution in [0.2, 0.25) is 0 Å². The molecule has 10 heteroatoms. The van der Waals surface area contributed by atoms with Gasteiger partial charge >= 0.3 is 0 Å². The van der Waals surface area contributed by atoms with Crippen molar-refractivity contribution in [3.63, 3.8) is 0 Å². The molecule has 1 amide bonds. The first-order valence-electron chi connectivity index (χ1n) is 8.69. The SMILES string of the molecule is Cn1nnc(-c2ccc(C(=O)NC3CC(c4nnc(CO)n4C)C3)cc2)n1. The van der Waals surface area contributed by atoms with Crippen molar-refractivity contribution in [2.24, 2.45) is 14.1 Å². The van der Waals surface area contributed by atoms with E-state index in [0.29, 0.717) is 17.2 Å². The Morgan fingerprint density at radius 2 is 1.93 bits per heavy atom. The fourth-order valence-electron chi connectivity index (χ4n) is 3.25. The first-order valence-corrected chi connectivity index (χ1v) is 8.69. The molecule has 1 aliphatic rings.